The Labute approximate surface area is 173 Å². The minimum Gasteiger partial charge on any atom is -0.508 e. The molecule has 0 aliphatic rings. The molecule has 7 nitrogen and oxygen atoms in total. The summed E-state index contributed by atoms with van der Waals surface area (Å²) >= 11 is 0. The van der Waals surface area contributed by atoms with Crippen LogP contribution in [0.1, 0.15) is 21.5 Å². The number of phenols is 1. The zero-order chi connectivity index (χ0) is 21.5. The Kier molecular flexibility index (Phi) is 6.44. The summed E-state index contributed by atoms with van der Waals surface area (Å²) in [6.45, 7) is 0.222. The number of carbonyl (C=O) groups is 1. The lowest BCUT2D eigenvalue weighted by molar-refractivity contribution is -0.384. The van der Waals surface area contributed by atoms with Gasteiger partial charge in [0.1, 0.15) is 12.4 Å². The van der Waals surface area contributed by atoms with E-state index in [2.05, 4.69) is 0 Å². The van der Waals surface area contributed by atoms with Gasteiger partial charge in [-0.2, -0.15) is 0 Å². The normalized spacial score (nSPS) is 10.7. The zero-order valence-electron chi connectivity index (χ0n) is 16.1. The third-order valence-corrected chi connectivity index (χ3v) is 4.29. The molecule has 0 unspecified atom stereocenters. The highest BCUT2D eigenvalue weighted by Crippen LogP contribution is 2.29. The minimum atomic E-state index is -0.453. The average Bonchev–Trinajstić information content (AvgIpc) is 2.76. The molecule has 0 aromatic heterocycles. The average molecular weight is 405 g/mol. The topological polar surface area (TPSA) is 98.9 Å². The highest BCUT2D eigenvalue weighted by atomic mass is 16.6. The molecule has 0 amide bonds. The summed E-state index contributed by atoms with van der Waals surface area (Å²) in [5.74, 6) is 0.796. The second-order valence-electron chi connectivity index (χ2n) is 6.37. The van der Waals surface area contributed by atoms with Gasteiger partial charge in [0.2, 0.25) is 0 Å². The molecule has 0 aliphatic carbocycles. The van der Waals surface area contributed by atoms with Crippen molar-refractivity contribution in [3.05, 3.63) is 99.6 Å². The molecular weight excluding hydrogens is 386 g/mol. The Hall–Kier alpha value is -4.13. The molecule has 0 aliphatic heterocycles. The maximum atomic E-state index is 12.2. The van der Waals surface area contributed by atoms with E-state index in [1.165, 1.54) is 37.5 Å². The molecule has 3 aromatic rings. The van der Waals surface area contributed by atoms with Crippen LogP contribution in [0.3, 0.4) is 0 Å². The molecule has 0 bridgehead atoms. The minimum absolute atomic E-state index is 0.0210. The zero-order valence-corrected chi connectivity index (χ0v) is 16.1. The van der Waals surface area contributed by atoms with Crippen LogP contribution in [0.4, 0.5) is 5.69 Å². The van der Waals surface area contributed by atoms with Gasteiger partial charge < -0.3 is 14.6 Å². The molecule has 0 radical (unpaired) electrons. The molecule has 0 atom stereocenters. The number of ether oxygens (including phenoxy) is 2. The summed E-state index contributed by atoms with van der Waals surface area (Å²) in [5.41, 5.74) is 1.93. The van der Waals surface area contributed by atoms with Gasteiger partial charge in [-0.15, -0.1) is 0 Å². The smallest absolute Gasteiger partial charge is 0.269 e. The van der Waals surface area contributed by atoms with Crippen LogP contribution >= 0.6 is 0 Å². The number of methoxy groups -OCH3 is 1. The second-order valence-corrected chi connectivity index (χ2v) is 6.37. The Morgan fingerprint density at radius 3 is 2.50 bits per heavy atom. The first kappa shape index (κ1) is 20.6. The molecule has 1 N–H and O–H groups in total. The summed E-state index contributed by atoms with van der Waals surface area (Å²) in [5, 5.41) is 20.2. The van der Waals surface area contributed by atoms with Gasteiger partial charge in [-0.25, -0.2) is 0 Å². The Morgan fingerprint density at radius 1 is 1.07 bits per heavy atom. The summed E-state index contributed by atoms with van der Waals surface area (Å²) in [6.07, 6.45) is 3.07. The van der Waals surface area contributed by atoms with Crippen LogP contribution in [0.5, 0.6) is 17.2 Å². The van der Waals surface area contributed by atoms with E-state index in [1.807, 2.05) is 0 Å². The van der Waals surface area contributed by atoms with Crippen LogP contribution in [0, 0.1) is 10.1 Å². The molecule has 3 aromatic carbocycles. The first-order chi connectivity index (χ1) is 14.5. The van der Waals surface area contributed by atoms with Crippen molar-refractivity contribution in [1.82, 2.24) is 0 Å². The van der Waals surface area contributed by atoms with Gasteiger partial charge in [0.05, 0.1) is 12.0 Å². The predicted molar refractivity (Wildman–Crippen MR) is 112 cm³/mol. The molecule has 7 heteroatoms. The van der Waals surface area contributed by atoms with Gasteiger partial charge in [-0.3, -0.25) is 14.9 Å². The number of ketones is 1. The van der Waals surface area contributed by atoms with Gasteiger partial charge in [-0.1, -0.05) is 24.3 Å². The van der Waals surface area contributed by atoms with Crippen LogP contribution in [-0.2, 0) is 6.61 Å². The highest BCUT2D eigenvalue weighted by Gasteiger charge is 2.08. The fourth-order valence-corrected chi connectivity index (χ4v) is 2.71. The van der Waals surface area contributed by atoms with Crippen molar-refractivity contribution in [1.29, 1.82) is 0 Å². The van der Waals surface area contributed by atoms with Crippen LogP contribution in [0.15, 0.2) is 72.8 Å². The van der Waals surface area contributed by atoms with E-state index in [0.717, 1.165) is 11.1 Å². The maximum Gasteiger partial charge on any atom is 0.269 e. The number of rotatable bonds is 8. The number of hydrogen-bond acceptors (Lipinski definition) is 6. The number of aromatic hydroxyl groups is 1. The molecule has 30 heavy (non-hydrogen) atoms. The van der Waals surface area contributed by atoms with E-state index >= 15 is 0 Å². The van der Waals surface area contributed by atoms with Crippen molar-refractivity contribution in [2.75, 3.05) is 7.11 Å². The lowest BCUT2D eigenvalue weighted by atomic mass is 10.1. The van der Waals surface area contributed by atoms with E-state index in [1.54, 1.807) is 48.5 Å². The number of nitro groups is 1. The molecular formula is C23H19NO6. The van der Waals surface area contributed by atoms with Crippen molar-refractivity contribution in [3.63, 3.8) is 0 Å². The molecule has 0 spiro atoms. The summed E-state index contributed by atoms with van der Waals surface area (Å²) in [7, 11) is 1.51. The number of non-ortho nitro benzene ring substituents is 1. The molecule has 0 fully saturated rings. The number of benzene rings is 3. The Balaban J connectivity index is 1.68. The molecule has 152 valence electrons. The van der Waals surface area contributed by atoms with E-state index < -0.39 is 4.92 Å². The van der Waals surface area contributed by atoms with Gasteiger partial charge in [-0.05, 0) is 53.6 Å². The SMILES string of the molecule is COc1cc(/C=C/C(=O)c2cccc(O)c2)ccc1OCc1ccc([N+](=O)[O-])cc1. The monoisotopic (exact) mass is 405 g/mol. The van der Waals surface area contributed by atoms with Crippen LogP contribution in [0.2, 0.25) is 0 Å². The number of nitro benzene ring substituents is 1. The first-order valence-corrected chi connectivity index (χ1v) is 9.02. The molecule has 3 rings (SSSR count). The number of carbonyl (C=O) groups excluding carboxylic acids is 1. The van der Waals surface area contributed by atoms with Crippen LogP contribution in [0.25, 0.3) is 6.08 Å². The summed E-state index contributed by atoms with van der Waals surface area (Å²) < 4.78 is 11.1. The quantitative estimate of drug-likeness (QED) is 0.250. The summed E-state index contributed by atoms with van der Waals surface area (Å²) in [4.78, 5) is 22.5. The van der Waals surface area contributed by atoms with Crippen LogP contribution < -0.4 is 9.47 Å². The lowest BCUT2D eigenvalue weighted by Gasteiger charge is -2.11. The number of hydrogen-bond donors (Lipinski definition) is 1. The van der Waals surface area contributed by atoms with E-state index in [9.17, 15) is 20.0 Å². The summed E-state index contributed by atoms with van der Waals surface area (Å²) in [6, 6.07) is 17.5. The Morgan fingerprint density at radius 2 is 1.83 bits per heavy atom. The Bertz CT molecular complexity index is 1090. The molecule has 0 saturated heterocycles. The molecule has 0 heterocycles. The predicted octanol–water partition coefficient (Wildman–Crippen LogP) is 4.78. The van der Waals surface area contributed by atoms with Crippen molar-refractivity contribution in [2.24, 2.45) is 0 Å². The van der Waals surface area contributed by atoms with Gasteiger partial charge in [0.25, 0.3) is 5.69 Å². The fourth-order valence-electron chi connectivity index (χ4n) is 2.71. The number of phenolic OH excluding ortho intramolecular Hbond substituents is 1. The number of allylic oxidation sites excluding steroid dienone is 1. The highest BCUT2D eigenvalue weighted by molar-refractivity contribution is 6.07. The second kappa shape index (κ2) is 9.38. The fraction of sp³-hybridized carbons (Fsp3) is 0.0870. The van der Waals surface area contributed by atoms with Crippen molar-refractivity contribution in [3.8, 4) is 17.2 Å². The van der Waals surface area contributed by atoms with Crippen LogP contribution in [-0.4, -0.2) is 22.9 Å². The van der Waals surface area contributed by atoms with Crippen molar-refractivity contribution >= 4 is 17.5 Å². The van der Waals surface area contributed by atoms with E-state index in [0.29, 0.717) is 17.1 Å². The third-order valence-electron chi connectivity index (χ3n) is 4.29. The largest absolute Gasteiger partial charge is 0.508 e. The standard InChI is InChI=1S/C23H19NO6/c1-29-23-13-16(7-11-21(26)18-3-2-4-20(25)14-18)8-12-22(23)30-15-17-5-9-19(10-6-17)24(27)28/h2-14,25H,15H2,1H3/b11-7+. The van der Waals surface area contributed by atoms with E-state index in [4.69, 9.17) is 9.47 Å². The number of nitrogens with zero attached hydrogens (tertiary/aromatic N) is 1. The molecule has 0 saturated carbocycles. The van der Waals surface area contributed by atoms with E-state index in [-0.39, 0.29) is 23.8 Å². The van der Waals surface area contributed by atoms with Gasteiger partial charge in [0.15, 0.2) is 17.3 Å². The first-order valence-electron chi connectivity index (χ1n) is 9.02. The van der Waals surface area contributed by atoms with Crippen molar-refractivity contribution in [2.45, 2.75) is 6.61 Å². The van der Waals surface area contributed by atoms with Gasteiger partial charge in [0, 0.05) is 17.7 Å². The maximum absolute atomic E-state index is 12.2. The van der Waals surface area contributed by atoms with Gasteiger partial charge >= 0.3 is 0 Å². The lowest BCUT2D eigenvalue weighted by Crippen LogP contribution is -1.98. The third kappa shape index (κ3) is 5.23. The van der Waals surface area contributed by atoms with Crippen molar-refractivity contribution < 1.29 is 24.3 Å².